The van der Waals surface area contributed by atoms with Crippen LogP contribution in [-0.4, -0.2) is 62.8 Å². The summed E-state index contributed by atoms with van der Waals surface area (Å²) in [6.45, 7) is 25.5. The highest BCUT2D eigenvalue weighted by atomic mass is 15.2. The maximum atomic E-state index is 4.53. The van der Waals surface area contributed by atoms with Gasteiger partial charge in [0.2, 0.25) is 11.6 Å². The van der Waals surface area contributed by atoms with Crippen LogP contribution in [0.2, 0.25) is 0 Å². The van der Waals surface area contributed by atoms with Gasteiger partial charge < -0.3 is 35.2 Å². The molecule has 0 amide bonds. The highest BCUT2D eigenvalue weighted by Crippen LogP contribution is 2.24. The molecule has 14 heteroatoms. The summed E-state index contributed by atoms with van der Waals surface area (Å²) in [7, 11) is 0. The summed E-state index contributed by atoms with van der Waals surface area (Å²) in [4.78, 5) is 9.05. The third-order valence-corrected chi connectivity index (χ3v) is 17.1. The lowest BCUT2D eigenvalue weighted by atomic mass is 10.2. The molecular weight excluding hydrogens is 1040 g/mol. The summed E-state index contributed by atoms with van der Waals surface area (Å²) in [6, 6.07) is 41.8. The molecule has 0 spiro atoms. The van der Waals surface area contributed by atoms with Crippen molar-refractivity contribution in [3.8, 4) is 0 Å². The minimum absolute atomic E-state index is 0.996. The molecule has 0 fully saturated rings. The predicted molar refractivity (Wildman–Crippen MR) is 343 cm³/mol. The topological polar surface area (TPSA) is 78.7 Å². The van der Waals surface area contributed by atoms with E-state index in [0.29, 0.717) is 0 Å². The van der Waals surface area contributed by atoms with E-state index in [1.165, 1.54) is 112 Å². The van der Waals surface area contributed by atoms with Crippen molar-refractivity contribution in [2.75, 3.05) is 0 Å². The van der Waals surface area contributed by atoms with Gasteiger partial charge in [0.25, 0.3) is 0 Å². The first kappa shape index (κ1) is 53.0. The minimum atomic E-state index is 0.996. The number of nitrogens with zero attached hydrogens (tertiary/aromatic N) is 14. The maximum absolute atomic E-state index is 4.53. The third kappa shape index (κ3) is 8.98. The average molecular weight is 1110 g/mol. The van der Waals surface area contributed by atoms with E-state index in [9.17, 15) is 0 Å². The van der Waals surface area contributed by atoms with E-state index in [1.54, 1.807) is 0 Å². The number of rotatable bonds is 0. The standard InChI is InChI=1S/4C12H12N2.2C11H11N3/c2*1-9-7-13-8-11-5-3-4-6-14(11)12(13)10(9)2;2*1-9-7-12-13-6-4-3-5-11(13)8-14(12)10(9)2;2*1-8-9(2)14-7-10-5-3-4-6-13(10)11(14)12-8/h4*3-8H,1-2H3;2*3-7H,1-2H3. The van der Waals surface area contributed by atoms with Crippen molar-refractivity contribution in [2.24, 2.45) is 0 Å². The van der Waals surface area contributed by atoms with Crippen molar-refractivity contribution in [3.05, 3.63) is 276 Å². The fourth-order valence-electron chi connectivity index (χ4n) is 11.7. The van der Waals surface area contributed by atoms with Crippen LogP contribution in [0.4, 0.5) is 0 Å². The molecule has 0 radical (unpaired) electrons. The maximum Gasteiger partial charge on any atom is 0.219 e. The van der Waals surface area contributed by atoms with Crippen LogP contribution in [0, 0.1) is 83.1 Å². The number of pyridine rings is 6. The van der Waals surface area contributed by atoms with Crippen molar-refractivity contribution >= 4 is 67.2 Å². The molecule has 0 atom stereocenters. The van der Waals surface area contributed by atoms with Crippen molar-refractivity contribution in [2.45, 2.75) is 83.1 Å². The van der Waals surface area contributed by atoms with Crippen LogP contribution in [0.3, 0.4) is 0 Å². The van der Waals surface area contributed by atoms with Crippen LogP contribution < -0.4 is 0 Å². The molecule has 18 aromatic rings. The molecule has 0 N–H and O–H groups in total. The first-order chi connectivity index (χ1) is 40.6. The van der Waals surface area contributed by atoms with Gasteiger partial charge in [-0.25, -0.2) is 9.97 Å². The van der Waals surface area contributed by atoms with E-state index >= 15 is 0 Å². The van der Waals surface area contributed by atoms with E-state index in [2.05, 4.69) is 303 Å². The molecule has 18 heterocycles. The van der Waals surface area contributed by atoms with E-state index in [-0.39, 0.29) is 0 Å². The Labute approximate surface area is 486 Å². The van der Waals surface area contributed by atoms with Crippen LogP contribution in [0.1, 0.15) is 67.5 Å². The number of aromatic nitrogens is 14. The highest BCUT2D eigenvalue weighted by molar-refractivity contribution is 5.66. The molecule has 0 saturated heterocycles. The lowest BCUT2D eigenvalue weighted by molar-refractivity contribution is 1.10. The molecule has 18 aromatic heterocycles. The quantitative estimate of drug-likeness (QED) is 0.152. The van der Waals surface area contributed by atoms with Gasteiger partial charge in [0.1, 0.15) is 22.6 Å². The third-order valence-electron chi connectivity index (χ3n) is 17.1. The van der Waals surface area contributed by atoms with E-state index in [4.69, 9.17) is 0 Å². The zero-order chi connectivity index (χ0) is 58.2. The first-order valence-corrected chi connectivity index (χ1v) is 28.6. The van der Waals surface area contributed by atoms with Crippen molar-refractivity contribution < 1.29 is 0 Å². The SMILES string of the molecule is Cc1cc2n(cc3ccccn32)c1C.Cc1cc2n(cc3ccccn32)c1C.Cc1cn2cc3ccccn3c2c1C.Cc1cn2cc3ccccn3c2c1C.Cc1nc2n(cc3ccccn32)c1C.Cc1nc2n(cc3ccccn32)c1C. The van der Waals surface area contributed by atoms with E-state index in [0.717, 1.165) is 22.9 Å². The van der Waals surface area contributed by atoms with Crippen LogP contribution in [0.25, 0.3) is 67.2 Å². The molecule has 0 aliphatic carbocycles. The van der Waals surface area contributed by atoms with Gasteiger partial charge in [-0.2, -0.15) is 0 Å². The molecule has 84 heavy (non-hydrogen) atoms. The summed E-state index contributed by atoms with van der Waals surface area (Å²) >= 11 is 0. The van der Waals surface area contributed by atoms with Gasteiger partial charge >= 0.3 is 0 Å². The largest absolute Gasteiger partial charge is 0.307 e. The molecule has 14 nitrogen and oxygen atoms in total. The molecule has 0 aliphatic rings. The first-order valence-electron chi connectivity index (χ1n) is 28.6. The van der Waals surface area contributed by atoms with Crippen LogP contribution in [-0.2, 0) is 0 Å². The van der Waals surface area contributed by atoms with Gasteiger partial charge in [-0.1, -0.05) is 36.4 Å². The second kappa shape index (κ2) is 20.9. The zero-order valence-electron chi connectivity index (χ0n) is 49.9. The Bertz CT molecular complexity index is 4850. The second-order valence-corrected chi connectivity index (χ2v) is 22.3. The smallest absolute Gasteiger partial charge is 0.219 e. The Kier molecular flexibility index (Phi) is 13.2. The molecule has 420 valence electrons. The lowest BCUT2D eigenvalue weighted by Gasteiger charge is -1.95. The number of hydrogen-bond donors (Lipinski definition) is 0. The Morgan fingerprint density at radius 1 is 0.262 bits per heavy atom. The Morgan fingerprint density at radius 2 is 0.560 bits per heavy atom. The molecule has 0 aromatic carbocycles. The van der Waals surface area contributed by atoms with Gasteiger partial charge in [-0.05, 0) is 201 Å². The van der Waals surface area contributed by atoms with Gasteiger partial charge in [0.15, 0.2) is 0 Å². The molecule has 0 bridgehead atoms. The average Bonchev–Trinajstić information content (AvgIpc) is 4.54. The second-order valence-electron chi connectivity index (χ2n) is 22.3. The molecule has 0 aliphatic heterocycles. The number of hydrogen-bond acceptors (Lipinski definition) is 2. The summed E-state index contributed by atoms with van der Waals surface area (Å²) in [6.07, 6.45) is 29.8. The van der Waals surface area contributed by atoms with Crippen LogP contribution >= 0.6 is 0 Å². The lowest BCUT2D eigenvalue weighted by Crippen LogP contribution is -1.84. The van der Waals surface area contributed by atoms with E-state index < -0.39 is 0 Å². The number of imidazole rings is 8. The monoisotopic (exact) mass is 1110 g/mol. The Balaban J connectivity index is 0.0000000940. The van der Waals surface area contributed by atoms with Crippen molar-refractivity contribution in [1.29, 1.82) is 0 Å². The molecule has 0 saturated carbocycles. The highest BCUT2D eigenvalue weighted by Gasteiger charge is 2.13. The summed E-state index contributed by atoms with van der Waals surface area (Å²) in [5, 5.41) is 0. The fraction of sp³-hybridized carbons (Fsp3) is 0.171. The number of fused-ring (bicyclic) bond motifs is 18. The summed E-state index contributed by atoms with van der Waals surface area (Å²) in [5.41, 5.74) is 27.7. The fourth-order valence-corrected chi connectivity index (χ4v) is 11.7. The predicted octanol–water partition coefficient (Wildman–Crippen LogP) is 15.6. The van der Waals surface area contributed by atoms with Crippen LogP contribution in [0.5, 0.6) is 0 Å². The zero-order valence-corrected chi connectivity index (χ0v) is 49.9. The van der Waals surface area contributed by atoms with E-state index in [1.807, 2.05) is 50.5 Å². The Hall–Kier alpha value is -10.3. The van der Waals surface area contributed by atoms with Gasteiger partial charge in [0, 0.05) is 110 Å². The molecule has 18 rings (SSSR count). The number of aryl methyl sites for hydroxylation is 12. The minimum Gasteiger partial charge on any atom is -0.307 e. The molecule has 0 unspecified atom stereocenters. The normalized spacial score (nSPS) is 11.6. The van der Waals surface area contributed by atoms with Gasteiger partial charge in [-0.15, -0.1) is 0 Å². The van der Waals surface area contributed by atoms with Crippen molar-refractivity contribution in [1.82, 2.24) is 62.8 Å². The van der Waals surface area contributed by atoms with Crippen LogP contribution in [0.15, 0.2) is 208 Å². The summed E-state index contributed by atoms with van der Waals surface area (Å²) < 4.78 is 26.2. The summed E-state index contributed by atoms with van der Waals surface area (Å²) in [5.74, 6) is 1.99. The Morgan fingerprint density at radius 3 is 0.917 bits per heavy atom. The molecular formula is C70H70N14. The van der Waals surface area contributed by atoms with Gasteiger partial charge in [-0.3, -0.25) is 17.6 Å². The van der Waals surface area contributed by atoms with Crippen molar-refractivity contribution in [3.63, 3.8) is 0 Å². The van der Waals surface area contributed by atoms with Gasteiger partial charge in [0.05, 0.1) is 44.5 Å².